The van der Waals surface area contributed by atoms with E-state index in [4.69, 9.17) is 4.74 Å². The Kier molecular flexibility index (Phi) is 5.82. The fourth-order valence-corrected chi connectivity index (χ4v) is 6.80. The molecule has 2 aromatic carbocycles. The summed E-state index contributed by atoms with van der Waals surface area (Å²) in [7, 11) is 0. The molecule has 178 valence electrons. The first kappa shape index (κ1) is 22.0. The van der Waals surface area contributed by atoms with E-state index in [1.807, 2.05) is 65.6 Å². The summed E-state index contributed by atoms with van der Waals surface area (Å²) in [6.07, 6.45) is 6.84. The van der Waals surface area contributed by atoms with Gasteiger partial charge in [-0.05, 0) is 80.1 Å². The molecule has 2 aliphatic rings. The van der Waals surface area contributed by atoms with Crippen LogP contribution >= 0.6 is 11.3 Å². The number of urea groups is 1. The predicted octanol–water partition coefficient (Wildman–Crippen LogP) is 6.95. The van der Waals surface area contributed by atoms with Gasteiger partial charge in [-0.15, -0.1) is 11.3 Å². The third-order valence-corrected chi connectivity index (χ3v) is 8.28. The molecule has 0 unspecified atom stereocenters. The minimum Gasteiger partial charge on any atom is -0.494 e. The van der Waals surface area contributed by atoms with Crippen LogP contribution in [0.1, 0.15) is 53.1 Å². The summed E-state index contributed by atoms with van der Waals surface area (Å²) in [5.41, 5.74) is 5.69. The van der Waals surface area contributed by atoms with Gasteiger partial charge in [0, 0.05) is 22.3 Å². The van der Waals surface area contributed by atoms with Crippen molar-refractivity contribution in [3.05, 3.63) is 100 Å². The highest BCUT2D eigenvalue weighted by atomic mass is 32.1. The summed E-state index contributed by atoms with van der Waals surface area (Å²) >= 11 is 1.90. The van der Waals surface area contributed by atoms with Gasteiger partial charge in [-0.2, -0.15) is 0 Å². The van der Waals surface area contributed by atoms with Gasteiger partial charge in [0.15, 0.2) is 0 Å². The number of fused-ring (bicyclic) bond motifs is 5. The summed E-state index contributed by atoms with van der Waals surface area (Å²) in [6.45, 7) is 3.17. The van der Waals surface area contributed by atoms with Crippen molar-refractivity contribution in [2.24, 2.45) is 0 Å². The van der Waals surface area contributed by atoms with Crippen LogP contribution in [0.5, 0.6) is 5.75 Å². The number of thiophene rings is 1. The Hall–Kier alpha value is -3.51. The number of amides is 2. The molecule has 3 heterocycles. The molecule has 0 saturated carbocycles. The van der Waals surface area contributed by atoms with E-state index in [1.54, 1.807) is 0 Å². The van der Waals surface area contributed by atoms with Crippen LogP contribution in [0.4, 0.5) is 10.5 Å². The summed E-state index contributed by atoms with van der Waals surface area (Å²) in [5, 5.41) is 4.42. The second-order valence-electron chi connectivity index (χ2n) is 9.13. The monoisotopic (exact) mass is 483 g/mol. The molecule has 5 nitrogen and oxygen atoms in total. The number of nitrogens with zero attached hydrogens (tertiary/aromatic N) is 2. The highest BCUT2D eigenvalue weighted by molar-refractivity contribution is 7.15. The molecule has 2 aromatic heterocycles. The summed E-state index contributed by atoms with van der Waals surface area (Å²) in [5.74, 6) is 0.822. The number of carbonyl (C=O) groups is 1. The number of nitrogens with one attached hydrogen (secondary N) is 1. The van der Waals surface area contributed by atoms with Gasteiger partial charge in [-0.25, -0.2) is 4.79 Å². The second-order valence-corrected chi connectivity index (χ2v) is 10.2. The van der Waals surface area contributed by atoms with E-state index in [-0.39, 0.29) is 12.1 Å². The number of aryl methyl sites for hydroxylation is 1. The Balaban J connectivity index is 1.50. The normalized spacial score (nSPS) is 16.6. The van der Waals surface area contributed by atoms with Crippen molar-refractivity contribution >= 4 is 23.1 Å². The van der Waals surface area contributed by atoms with E-state index in [1.165, 1.54) is 33.8 Å². The van der Waals surface area contributed by atoms with Crippen molar-refractivity contribution in [2.75, 3.05) is 11.9 Å². The minimum atomic E-state index is -0.243. The number of hydrogen-bond donors (Lipinski definition) is 1. The molecule has 1 aliphatic carbocycles. The first-order valence-corrected chi connectivity index (χ1v) is 13.2. The number of para-hydroxylation sites is 1. The zero-order valence-corrected chi connectivity index (χ0v) is 20.7. The maximum Gasteiger partial charge on any atom is 0.322 e. The van der Waals surface area contributed by atoms with Gasteiger partial charge >= 0.3 is 6.03 Å². The average molecular weight is 484 g/mol. The quantitative estimate of drug-likeness (QED) is 0.341. The number of rotatable bonds is 4. The smallest absolute Gasteiger partial charge is 0.322 e. The molecule has 1 aliphatic heterocycles. The second kappa shape index (κ2) is 9.27. The van der Waals surface area contributed by atoms with Gasteiger partial charge in [0.1, 0.15) is 10.8 Å². The molecule has 0 radical (unpaired) electrons. The molecular weight excluding hydrogens is 454 g/mol. The number of ether oxygens (including phenoxy) is 1. The lowest BCUT2D eigenvalue weighted by Gasteiger charge is -2.31. The van der Waals surface area contributed by atoms with E-state index in [0.29, 0.717) is 13.2 Å². The Morgan fingerprint density at radius 2 is 1.89 bits per heavy atom. The number of anilines is 1. The summed E-state index contributed by atoms with van der Waals surface area (Å²) in [6, 6.07) is 21.8. The van der Waals surface area contributed by atoms with E-state index in [0.717, 1.165) is 35.5 Å². The van der Waals surface area contributed by atoms with Gasteiger partial charge in [0.25, 0.3) is 0 Å². The number of benzene rings is 2. The van der Waals surface area contributed by atoms with Crippen LogP contribution < -0.4 is 10.1 Å². The summed E-state index contributed by atoms with van der Waals surface area (Å²) < 4.78 is 8.14. The van der Waals surface area contributed by atoms with Crippen LogP contribution in [0.3, 0.4) is 0 Å². The minimum absolute atomic E-state index is 0.0978. The Morgan fingerprint density at radius 1 is 1.03 bits per heavy atom. The van der Waals surface area contributed by atoms with Crippen LogP contribution in [0.15, 0.2) is 72.9 Å². The molecule has 0 spiro atoms. The standard InChI is InChI=1S/C29H29N3O2S/c1-2-34-22-13-8-10-20(18-22)27-25-15-9-17-31(25)28-24(23-14-6-7-16-26(23)35-28)19-32(27)29(33)30-21-11-4-3-5-12-21/h3-5,8-13,15,17-18,27H,2,6-7,14,16,19H2,1H3,(H,30,33)/t27-/m1/s1. The van der Waals surface area contributed by atoms with Crippen LogP contribution in [0.2, 0.25) is 0 Å². The van der Waals surface area contributed by atoms with Crippen LogP contribution in [0.25, 0.3) is 5.00 Å². The van der Waals surface area contributed by atoms with Crippen LogP contribution in [-0.4, -0.2) is 22.1 Å². The number of hydrogen-bond acceptors (Lipinski definition) is 3. The van der Waals surface area contributed by atoms with E-state index >= 15 is 0 Å². The molecule has 1 atom stereocenters. The molecule has 35 heavy (non-hydrogen) atoms. The fourth-order valence-electron chi connectivity index (χ4n) is 5.40. The largest absolute Gasteiger partial charge is 0.494 e. The molecule has 6 rings (SSSR count). The van der Waals surface area contributed by atoms with Gasteiger partial charge in [0.05, 0.1) is 24.9 Å². The Bertz CT molecular complexity index is 1360. The number of carbonyl (C=O) groups excluding carboxylic acids is 1. The van der Waals surface area contributed by atoms with Crippen molar-refractivity contribution in [2.45, 2.75) is 45.2 Å². The van der Waals surface area contributed by atoms with E-state index in [2.05, 4.69) is 40.3 Å². The van der Waals surface area contributed by atoms with Crippen LogP contribution in [0, 0.1) is 0 Å². The van der Waals surface area contributed by atoms with Crippen molar-refractivity contribution in [1.29, 1.82) is 0 Å². The van der Waals surface area contributed by atoms with Crippen molar-refractivity contribution in [3.63, 3.8) is 0 Å². The Labute approximate surface area is 210 Å². The molecule has 0 saturated heterocycles. The Morgan fingerprint density at radius 3 is 2.74 bits per heavy atom. The maximum atomic E-state index is 13.9. The highest BCUT2D eigenvalue weighted by Gasteiger charge is 2.36. The van der Waals surface area contributed by atoms with Crippen molar-refractivity contribution < 1.29 is 9.53 Å². The summed E-state index contributed by atoms with van der Waals surface area (Å²) in [4.78, 5) is 17.4. The third-order valence-electron chi connectivity index (χ3n) is 6.95. The average Bonchev–Trinajstić information content (AvgIpc) is 3.47. The zero-order valence-electron chi connectivity index (χ0n) is 19.9. The lowest BCUT2D eigenvalue weighted by atomic mass is 9.95. The first-order valence-electron chi connectivity index (χ1n) is 12.4. The lowest BCUT2D eigenvalue weighted by Crippen LogP contribution is -2.38. The third kappa shape index (κ3) is 4.02. The van der Waals surface area contributed by atoms with Gasteiger partial charge in [-0.3, -0.25) is 0 Å². The zero-order chi connectivity index (χ0) is 23.8. The predicted molar refractivity (Wildman–Crippen MR) is 141 cm³/mol. The molecule has 6 heteroatoms. The molecule has 1 N–H and O–H groups in total. The van der Waals surface area contributed by atoms with E-state index in [9.17, 15) is 4.79 Å². The highest BCUT2D eigenvalue weighted by Crippen LogP contribution is 2.44. The van der Waals surface area contributed by atoms with Crippen molar-refractivity contribution in [3.8, 4) is 10.8 Å². The molecule has 0 bridgehead atoms. The van der Waals surface area contributed by atoms with Gasteiger partial charge < -0.3 is 19.5 Å². The fraction of sp³-hybridized carbons (Fsp3) is 0.276. The topological polar surface area (TPSA) is 46.5 Å². The van der Waals surface area contributed by atoms with E-state index < -0.39 is 0 Å². The number of aromatic nitrogens is 1. The van der Waals surface area contributed by atoms with Crippen molar-refractivity contribution in [1.82, 2.24) is 9.47 Å². The molecular formula is C29H29N3O2S. The SMILES string of the molecule is CCOc1cccc([C@@H]2c3cccn3-c3sc4c(c3CN2C(=O)Nc2ccccc2)CCCC4)c1. The van der Waals surface area contributed by atoms with Crippen LogP contribution in [-0.2, 0) is 19.4 Å². The first-order chi connectivity index (χ1) is 17.2. The molecule has 2 amide bonds. The molecule has 4 aromatic rings. The van der Waals surface area contributed by atoms with Gasteiger partial charge in [-0.1, -0.05) is 30.3 Å². The molecule has 0 fully saturated rings. The maximum absolute atomic E-state index is 13.9. The van der Waals surface area contributed by atoms with Gasteiger partial charge in [0.2, 0.25) is 0 Å². The lowest BCUT2D eigenvalue weighted by molar-refractivity contribution is 0.194.